The zero-order valence-electron chi connectivity index (χ0n) is 13.1. The molecular weight excluding hydrogens is 300 g/mol. The summed E-state index contributed by atoms with van der Waals surface area (Å²) in [6, 6.07) is 5.54. The van der Waals surface area contributed by atoms with Gasteiger partial charge in [-0.25, -0.2) is 4.98 Å². The molecule has 1 aliphatic heterocycles. The Balaban J connectivity index is 0.00000176. The van der Waals surface area contributed by atoms with Gasteiger partial charge >= 0.3 is 0 Å². The number of aryl methyl sites for hydroxylation is 1. The number of nitrogens with zero attached hydrogens (tertiary/aromatic N) is 3. The van der Waals surface area contributed by atoms with E-state index < -0.39 is 0 Å². The summed E-state index contributed by atoms with van der Waals surface area (Å²) >= 11 is 0. The molecule has 0 bridgehead atoms. The second-order valence-electron chi connectivity index (χ2n) is 5.92. The van der Waals surface area contributed by atoms with Crippen LogP contribution >= 0.6 is 12.4 Å². The van der Waals surface area contributed by atoms with Gasteiger partial charge in [0.1, 0.15) is 5.65 Å². The van der Waals surface area contributed by atoms with Crippen LogP contribution in [0.15, 0.2) is 29.2 Å². The van der Waals surface area contributed by atoms with Crippen LogP contribution in [0.3, 0.4) is 0 Å². The highest BCUT2D eigenvalue weighted by molar-refractivity contribution is 5.85. The summed E-state index contributed by atoms with van der Waals surface area (Å²) < 4.78 is 1.62. The maximum Gasteiger partial charge on any atom is 0.258 e. The molecule has 22 heavy (non-hydrogen) atoms. The van der Waals surface area contributed by atoms with Crippen molar-refractivity contribution in [3.63, 3.8) is 0 Å². The maximum absolute atomic E-state index is 12.2. The highest BCUT2D eigenvalue weighted by Gasteiger charge is 2.22. The van der Waals surface area contributed by atoms with Gasteiger partial charge in [0.2, 0.25) is 0 Å². The van der Waals surface area contributed by atoms with Gasteiger partial charge in [-0.05, 0) is 51.0 Å². The number of likely N-dealkylation sites (tertiary alicyclic amines) is 1. The molecule has 2 aromatic heterocycles. The Labute approximate surface area is 136 Å². The Morgan fingerprint density at radius 3 is 3.05 bits per heavy atom. The molecule has 0 saturated carbocycles. The molecule has 1 aliphatic rings. The molecule has 6 heteroatoms. The van der Waals surface area contributed by atoms with Crippen LogP contribution in [-0.4, -0.2) is 41.0 Å². The lowest BCUT2D eigenvalue weighted by molar-refractivity contribution is 0.311. The van der Waals surface area contributed by atoms with Gasteiger partial charge in [0.15, 0.2) is 0 Å². The van der Waals surface area contributed by atoms with Gasteiger partial charge in [-0.15, -0.1) is 12.4 Å². The molecule has 2 aromatic rings. The van der Waals surface area contributed by atoms with E-state index >= 15 is 0 Å². The van der Waals surface area contributed by atoms with E-state index in [4.69, 9.17) is 0 Å². The average molecular weight is 323 g/mol. The van der Waals surface area contributed by atoms with E-state index in [1.54, 1.807) is 16.7 Å². The van der Waals surface area contributed by atoms with Crippen molar-refractivity contribution in [2.45, 2.75) is 19.9 Å². The predicted molar refractivity (Wildman–Crippen MR) is 90.8 cm³/mol. The van der Waals surface area contributed by atoms with Crippen LogP contribution in [-0.2, 0) is 6.54 Å². The molecule has 1 unspecified atom stereocenters. The summed E-state index contributed by atoms with van der Waals surface area (Å²) in [5.41, 5.74) is 2.68. The zero-order chi connectivity index (χ0) is 14.8. The Morgan fingerprint density at radius 1 is 1.45 bits per heavy atom. The van der Waals surface area contributed by atoms with E-state index in [9.17, 15) is 4.79 Å². The largest absolute Gasteiger partial charge is 0.319 e. The first-order chi connectivity index (χ1) is 10.2. The van der Waals surface area contributed by atoms with Gasteiger partial charge < -0.3 is 5.32 Å². The van der Waals surface area contributed by atoms with E-state index in [-0.39, 0.29) is 18.0 Å². The van der Waals surface area contributed by atoms with Crippen LogP contribution in [0, 0.1) is 12.8 Å². The quantitative estimate of drug-likeness (QED) is 0.926. The third kappa shape index (κ3) is 3.48. The number of hydrogen-bond donors (Lipinski definition) is 1. The minimum absolute atomic E-state index is 0. The van der Waals surface area contributed by atoms with Gasteiger partial charge in [-0.1, -0.05) is 6.07 Å². The Morgan fingerprint density at radius 2 is 2.27 bits per heavy atom. The van der Waals surface area contributed by atoms with Crippen molar-refractivity contribution in [3.8, 4) is 0 Å². The summed E-state index contributed by atoms with van der Waals surface area (Å²) in [6.07, 6.45) is 2.99. The highest BCUT2D eigenvalue weighted by atomic mass is 35.5. The molecule has 1 atom stereocenters. The summed E-state index contributed by atoms with van der Waals surface area (Å²) in [5.74, 6) is 0.707. The molecule has 0 radical (unpaired) electrons. The first-order valence-corrected chi connectivity index (χ1v) is 7.52. The highest BCUT2D eigenvalue weighted by Crippen LogP contribution is 2.17. The predicted octanol–water partition coefficient (Wildman–Crippen LogP) is 1.47. The lowest BCUT2D eigenvalue weighted by Gasteiger charge is -2.16. The monoisotopic (exact) mass is 322 g/mol. The second kappa shape index (κ2) is 7.22. The molecule has 0 aliphatic carbocycles. The number of halogens is 1. The molecule has 120 valence electrons. The fourth-order valence-corrected chi connectivity index (χ4v) is 3.13. The van der Waals surface area contributed by atoms with Gasteiger partial charge in [-0.3, -0.25) is 14.1 Å². The lowest BCUT2D eigenvalue weighted by atomic mass is 10.1. The van der Waals surface area contributed by atoms with E-state index in [1.807, 2.05) is 26.1 Å². The lowest BCUT2D eigenvalue weighted by Crippen LogP contribution is -2.26. The number of hydrogen-bond acceptors (Lipinski definition) is 4. The third-order valence-corrected chi connectivity index (χ3v) is 4.19. The molecular formula is C16H23ClN4O. The fourth-order valence-electron chi connectivity index (χ4n) is 3.13. The van der Waals surface area contributed by atoms with Gasteiger partial charge in [-0.2, -0.15) is 0 Å². The van der Waals surface area contributed by atoms with Crippen LogP contribution in [0.25, 0.3) is 5.65 Å². The summed E-state index contributed by atoms with van der Waals surface area (Å²) in [5, 5.41) is 3.24. The Bertz CT molecular complexity index is 700. The third-order valence-electron chi connectivity index (χ3n) is 4.19. The topological polar surface area (TPSA) is 49.6 Å². The Hall–Kier alpha value is -1.43. The van der Waals surface area contributed by atoms with Crippen molar-refractivity contribution in [1.82, 2.24) is 19.6 Å². The van der Waals surface area contributed by atoms with E-state index in [2.05, 4.69) is 15.2 Å². The van der Waals surface area contributed by atoms with E-state index in [1.165, 1.54) is 6.42 Å². The smallest absolute Gasteiger partial charge is 0.258 e. The first-order valence-electron chi connectivity index (χ1n) is 7.52. The van der Waals surface area contributed by atoms with Crippen LogP contribution in [0.4, 0.5) is 0 Å². The molecule has 1 N–H and O–H groups in total. The van der Waals surface area contributed by atoms with Crippen molar-refractivity contribution in [1.29, 1.82) is 0 Å². The Kier molecular flexibility index (Phi) is 5.56. The average Bonchev–Trinajstić information content (AvgIpc) is 2.88. The number of rotatable bonds is 4. The molecule has 1 fully saturated rings. The van der Waals surface area contributed by atoms with Gasteiger partial charge in [0.05, 0.1) is 5.69 Å². The summed E-state index contributed by atoms with van der Waals surface area (Å²) in [7, 11) is 2.00. The van der Waals surface area contributed by atoms with Crippen molar-refractivity contribution in [2.75, 3.05) is 26.7 Å². The van der Waals surface area contributed by atoms with Crippen LogP contribution in [0.1, 0.15) is 17.7 Å². The van der Waals surface area contributed by atoms with Crippen molar-refractivity contribution in [2.24, 2.45) is 5.92 Å². The van der Waals surface area contributed by atoms with E-state index in [0.29, 0.717) is 5.92 Å². The minimum atomic E-state index is 0. The van der Waals surface area contributed by atoms with Crippen molar-refractivity contribution >= 4 is 18.1 Å². The molecule has 3 heterocycles. The van der Waals surface area contributed by atoms with Crippen molar-refractivity contribution in [3.05, 3.63) is 46.0 Å². The van der Waals surface area contributed by atoms with Crippen LogP contribution in [0.2, 0.25) is 0 Å². The van der Waals surface area contributed by atoms with Gasteiger partial charge in [0, 0.05) is 25.4 Å². The molecule has 0 spiro atoms. The first kappa shape index (κ1) is 16.9. The zero-order valence-corrected chi connectivity index (χ0v) is 13.9. The van der Waals surface area contributed by atoms with E-state index in [0.717, 1.165) is 43.1 Å². The van der Waals surface area contributed by atoms with Crippen molar-refractivity contribution < 1.29 is 0 Å². The SMILES string of the molecule is CNCC1CCN(Cc2cc(=O)n3cccc(C)c3n2)C1.Cl. The number of nitrogens with one attached hydrogen (secondary N) is 1. The number of fused-ring (bicyclic) bond motifs is 1. The van der Waals surface area contributed by atoms with Crippen LogP contribution in [0.5, 0.6) is 0 Å². The summed E-state index contributed by atoms with van der Waals surface area (Å²) in [4.78, 5) is 19.3. The normalized spacial score (nSPS) is 18.5. The molecule has 0 aromatic carbocycles. The standard InChI is InChI=1S/C16H22N4O.ClH/c1-12-4-3-6-20-15(21)8-14(18-16(12)20)11-19-7-5-13(10-19)9-17-2;/h3-4,6,8,13,17H,5,7,9-11H2,1-2H3;1H. The molecule has 5 nitrogen and oxygen atoms in total. The molecule has 0 amide bonds. The van der Waals surface area contributed by atoms with Gasteiger partial charge in [0.25, 0.3) is 5.56 Å². The minimum Gasteiger partial charge on any atom is -0.319 e. The number of aromatic nitrogens is 2. The van der Waals surface area contributed by atoms with Crippen LogP contribution < -0.4 is 10.9 Å². The summed E-state index contributed by atoms with van der Waals surface area (Å²) in [6.45, 7) is 5.98. The maximum atomic E-state index is 12.2. The molecule has 3 rings (SSSR count). The number of pyridine rings is 1. The molecule has 1 saturated heterocycles. The fraction of sp³-hybridized carbons (Fsp3) is 0.500. The second-order valence-corrected chi connectivity index (χ2v) is 5.92.